The maximum atomic E-state index is 13.8. The van der Waals surface area contributed by atoms with Gasteiger partial charge >= 0.3 is 5.97 Å². The molecule has 1 N–H and O–H groups in total. The van der Waals surface area contributed by atoms with Gasteiger partial charge in [0.1, 0.15) is 16.9 Å². The molecule has 1 fully saturated rings. The lowest BCUT2D eigenvalue weighted by atomic mass is 9.89. The Bertz CT molecular complexity index is 1380. The van der Waals surface area contributed by atoms with Crippen LogP contribution in [0.3, 0.4) is 0 Å². The van der Waals surface area contributed by atoms with Crippen LogP contribution in [0.5, 0.6) is 0 Å². The molecule has 37 heavy (non-hydrogen) atoms. The highest BCUT2D eigenvalue weighted by atomic mass is 16.5. The number of piperidine rings is 1. The number of nitrogens with zero attached hydrogens (tertiary/aromatic N) is 4. The SMILES string of the molecule is CCOC(=O)c1cnn2c(NC(C)c3ccccc3)c(C(=O)N3CCC(c4ccccc4)CC3)cnc12. The number of nitrogens with one attached hydrogen (secondary N) is 1. The summed E-state index contributed by atoms with van der Waals surface area (Å²) in [4.78, 5) is 32.6. The molecule has 4 aromatic rings. The molecule has 1 atom stereocenters. The minimum Gasteiger partial charge on any atom is -0.462 e. The summed E-state index contributed by atoms with van der Waals surface area (Å²) in [6.45, 7) is 5.36. The Labute approximate surface area is 216 Å². The summed E-state index contributed by atoms with van der Waals surface area (Å²) in [5.74, 6) is 0.359. The lowest BCUT2D eigenvalue weighted by Crippen LogP contribution is -2.38. The molecule has 2 aromatic heterocycles. The maximum Gasteiger partial charge on any atom is 0.343 e. The van der Waals surface area contributed by atoms with E-state index in [1.807, 2.05) is 48.2 Å². The first-order chi connectivity index (χ1) is 18.1. The van der Waals surface area contributed by atoms with E-state index in [2.05, 4.69) is 39.7 Å². The van der Waals surface area contributed by atoms with Crippen LogP contribution in [0.1, 0.15) is 70.5 Å². The van der Waals surface area contributed by atoms with Crippen LogP contribution in [0.15, 0.2) is 73.1 Å². The molecule has 1 unspecified atom stereocenters. The predicted molar refractivity (Wildman–Crippen MR) is 142 cm³/mol. The van der Waals surface area contributed by atoms with Gasteiger partial charge in [-0.2, -0.15) is 9.61 Å². The van der Waals surface area contributed by atoms with E-state index in [4.69, 9.17) is 4.74 Å². The van der Waals surface area contributed by atoms with Crippen molar-refractivity contribution >= 4 is 23.3 Å². The van der Waals surface area contributed by atoms with E-state index in [1.165, 1.54) is 16.3 Å². The van der Waals surface area contributed by atoms with Gasteiger partial charge in [0.25, 0.3) is 5.91 Å². The Morgan fingerprint density at radius 3 is 2.35 bits per heavy atom. The van der Waals surface area contributed by atoms with Crippen LogP contribution in [0.4, 0.5) is 5.82 Å². The number of ether oxygens (including phenoxy) is 1. The molecule has 0 radical (unpaired) electrons. The van der Waals surface area contributed by atoms with Gasteiger partial charge < -0.3 is 15.0 Å². The third-order valence-electron chi connectivity index (χ3n) is 6.96. The molecular weight excluding hydrogens is 466 g/mol. The smallest absolute Gasteiger partial charge is 0.343 e. The average Bonchev–Trinajstić information content (AvgIpc) is 3.39. The molecule has 2 aromatic carbocycles. The van der Waals surface area contributed by atoms with Crippen LogP contribution in [-0.4, -0.2) is 51.1 Å². The first kappa shape index (κ1) is 24.5. The van der Waals surface area contributed by atoms with E-state index in [9.17, 15) is 9.59 Å². The summed E-state index contributed by atoms with van der Waals surface area (Å²) in [7, 11) is 0. The molecule has 0 aliphatic carbocycles. The fourth-order valence-corrected chi connectivity index (χ4v) is 4.92. The summed E-state index contributed by atoms with van der Waals surface area (Å²) in [6, 6.07) is 20.3. The van der Waals surface area contributed by atoms with Gasteiger partial charge in [0.2, 0.25) is 0 Å². The minimum atomic E-state index is -0.492. The van der Waals surface area contributed by atoms with E-state index >= 15 is 0 Å². The zero-order chi connectivity index (χ0) is 25.8. The maximum absolute atomic E-state index is 13.8. The number of likely N-dealkylation sites (tertiary alicyclic amines) is 1. The van der Waals surface area contributed by atoms with Gasteiger partial charge in [-0.15, -0.1) is 0 Å². The van der Waals surface area contributed by atoms with Crippen molar-refractivity contribution < 1.29 is 14.3 Å². The molecule has 3 heterocycles. The molecule has 0 saturated carbocycles. The molecule has 0 spiro atoms. The molecule has 1 amide bonds. The number of hydrogen-bond donors (Lipinski definition) is 1. The molecule has 8 nitrogen and oxygen atoms in total. The highest BCUT2D eigenvalue weighted by molar-refractivity contribution is 6.00. The predicted octanol–water partition coefficient (Wildman–Crippen LogP) is 5.10. The summed E-state index contributed by atoms with van der Waals surface area (Å²) < 4.78 is 6.71. The van der Waals surface area contributed by atoms with Crippen LogP contribution < -0.4 is 5.32 Å². The number of carbonyl (C=O) groups is 2. The normalized spacial score (nSPS) is 14.9. The molecule has 1 aliphatic heterocycles. The Hall–Kier alpha value is -4.20. The van der Waals surface area contributed by atoms with Crippen molar-refractivity contribution in [2.24, 2.45) is 0 Å². The topological polar surface area (TPSA) is 88.8 Å². The molecule has 8 heteroatoms. The number of amides is 1. The Balaban J connectivity index is 1.46. The number of benzene rings is 2. The first-order valence-corrected chi connectivity index (χ1v) is 12.8. The quantitative estimate of drug-likeness (QED) is 0.358. The van der Waals surface area contributed by atoms with Gasteiger partial charge in [-0.1, -0.05) is 60.7 Å². The van der Waals surface area contributed by atoms with E-state index in [1.54, 1.807) is 13.1 Å². The fourth-order valence-electron chi connectivity index (χ4n) is 4.92. The monoisotopic (exact) mass is 497 g/mol. The fraction of sp³-hybridized carbons (Fsp3) is 0.310. The van der Waals surface area contributed by atoms with Crippen molar-refractivity contribution in [2.75, 3.05) is 25.0 Å². The number of hydrogen-bond acceptors (Lipinski definition) is 6. The average molecular weight is 498 g/mol. The molecular formula is C29H31N5O3. The molecule has 1 saturated heterocycles. The highest BCUT2D eigenvalue weighted by Gasteiger charge is 2.29. The summed E-state index contributed by atoms with van der Waals surface area (Å²) >= 11 is 0. The lowest BCUT2D eigenvalue weighted by molar-refractivity contribution is 0.0528. The lowest BCUT2D eigenvalue weighted by Gasteiger charge is -2.32. The van der Waals surface area contributed by atoms with Crippen molar-refractivity contribution in [3.05, 3.63) is 95.3 Å². The zero-order valence-corrected chi connectivity index (χ0v) is 21.1. The van der Waals surface area contributed by atoms with Gasteiger partial charge in [0.15, 0.2) is 5.65 Å². The van der Waals surface area contributed by atoms with Gasteiger partial charge in [-0.05, 0) is 43.7 Å². The zero-order valence-electron chi connectivity index (χ0n) is 21.1. The second kappa shape index (κ2) is 10.8. The van der Waals surface area contributed by atoms with Gasteiger partial charge in [-0.3, -0.25) is 4.79 Å². The van der Waals surface area contributed by atoms with Crippen LogP contribution in [0.2, 0.25) is 0 Å². The van der Waals surface area contributed by atoms with Crippen molar-refractivity contribution in [3.8, 4) is 0 Å². The third kappa shape index (κ3) is 5.05. The van der Waals surface area contributed by atoms with Crippen molar-refractivity contribution in [1.29, 1.82) is 0 Å². The first-order valence-electron chi connectivity index (χ1n) is 12.8. The minimum absolute atomic E-state index is 0.100. The number of esters is 1. The van der Waals surface area contributed by atoms with Crippen LogP contribution in [-0.2, 0) is 4.74 Å². The molecule has 5 rings (SSSR count). The second-order valence-electron chi connectivity index (χ2n) is 9.29. The second-order valence-corrected chi connectivity index (χ2v) is 9.29. The van der Waals surface area contributed by atoms with Crippen LogP contribution >= 0.6 is 0 Å². The van der Waals surface area contributed by atoms with Gasteiger partial charge in [0, 0.05) is 25.3 Å². The standard InChI is InChI=1S/C29H31N5O3/c1-3-37-29(36)25-19-31-34-26(25)30-18-24(27(34)32-20(2)21-10-6-4-7-11-21)28(35)33-16-14-23(15-17-33)22-12-8-5-9-13-22/h4-13,18-20,23,32H,3,14-17H2,1-2H3. The van der Waals surface area contributed by atoms with Gasteiger partial charge in [0.05, 0.1) is 12.8 Å². The van der Waals surface area contributed by atoms with Crippen molar-refractivity contribution in [2.45, 2.75) is 38.6 Å². The van der Waals surface area contributed by atoms with Crippen molar-refractivity contribution in [3.63, 3.8) is 0 Å². The number of rotatable bonds is 7. The number of carbonyl (C=O) groups excluding carboxylic acids is 2. The van der Waals surface area contributed by atoms with E-state index in [0.29, 0.717) is 36.0 Å². The Morgan fingerprint density at radius 1 is 1.00 bits per heavy atom. The summed E-state index contributed by atoms with van der Waals surface area (Å²) in [5.41, 5.74) is 3.42. The van der Waals surface area contributed by atoms with Crippen molar-refractivity contribution in [1.82, 2.24) is 19.5 Å². The van der Waals surface area contributed by atoms with Crippen LogP contribution in [0.25, 0.3) is 5.65 Å². The molecule has 0 bridgehead atoms. The molecule has 1 aliphatic rings. The molecule has 190 valence electrons. The third-order valence-corrected chi connectivity index (χ3v) is 6.96. The number of anilines is 1. The summed E-state index contributed by atoms with van der Waals surface area (Å²) in [6.07, 6.45) is 4.80. The van der Waals surface area contributed by atoms with Crippen LogP contribution in [0, 0.1) is 0 Å². The number of fused-ring (bicyclic) bond motifs is 1. The largest absolute Gasteiger partial charge is 0.462 e. The Kier molecular flexibility index (Phi) is 7.16. The number of aromatic nitrogens is 3. The Morgan fingerprint density at radius 2 is 1.68 bits per heavy atom. The summed E-state index contributed by atoms with van der Waals surface area (Å²) in [5, 5.41) is 7.90. The highest BCUT2D eigenvalue weighted by Crippen LogP contribution is 2.30. The van der Waals surface area contributed by atoms with E-state index < -0.39 is 5.97 Å². The van der Waals surface area contributed by atoms with E-state index in [-0.39, 0.29) is 24.1 Å². The van der Waals surface area contributed by atoms with Gasteiger partial charge in [-0.25, -0.2) is 9.78 Å². The van der Waals surface area contributed by atoms with E-state index in [0.717, 1.165) is 18.4 Å².